The molecule has 0 saturated carbocycles. The van der Waals surface area contributed by atoms with Crippen molar-refractivity contribution >= 4 is 55.8 Å². The molecule has 0 radical (unpaired) electrons. The first kappa shape index (κ1) is 21.8. The number of methoxy groups -OCH3 is 1. The second-order valence-corrected chi connectivity index (χ2v) is 7.89. The summed E-state index contributed by atoms with van der Waals surface area (Å²) in [5, 5.41) is 9.34. The van der Waals surface area contributed by atoms with Crippen LogP contribution in [0.25, 0.3) is 6.08 Å². The molecule has 1 N–H and O–H groups in total. The number of benzene rings is 3. The van der Waals surface area contributed by atoms with Crippen molar-refractivity contribution in [3.63, 3.8) is 0 Å². The van der Waals surface area contributed by atoms with Gasteiger partial charge in [-0.1, -0.05) is 28.1 Å². The Hall–Kier alpha value is -2.90. The van der Waals surface area contributed by atoms with Gasteiger partial charge in [-0.3, -0.25) is 4.99 Å². The second kappa shape index (κ2) is 10.2. The van der Waals surface area contributed by atoms with Gasteiger partial charge in [0, 0.05) is 16.8 Å². The first-order valence-electron chi connectivity index (χ1n) is 8.80. The van der Waals surface area contributed by atoms with Crippen LogP contribution in [-0.4, -0.2) is 24.4 Å². The molecule has 3 aromatic carbocycles. The van der Waals surface area contributed by atoms with Gasteiger partial charge in [0.15, 0.2) is 11.5 Å². The Bertz CT molecular complexity index is 1110. The van der Waals surface area contributed by atoms with Crippen molar-refractivity contribution in [2.24, 2.45) is 4.99 Å². The van der Waals surface area contributed by atoms with E-state index in [2.05, 4.69) is 36.9 Å². The van der Waals surface area contributed by atoms with Crippen LogP contribution in [-0.2, 0) is 4.79 Å². The number of phenols is 1. The fourth-order valence-electron chi connectivity index (χ4n) is 2.51. The van der Waals surface area contributed by atoms with Crippen molar-refractivity contribution in [2.75, 3.05) is 7.11 Å². The van der Waals surface area contributed by atoms with Gasteiger partial charge in [0.25, 0.3) is 0 Å². The summed E-state index contributed by atoms with van der Waals surface area (Å²) in [6.07, 6.45) is 4.68. The van der Waals surface area contributed by atoms with E-state index in [1.807, 2.05) is 24.3 Å². The van der Waals surface area contributed by atoms with Crippen molar-refractivity contribution in [3.05, 3.63) is 86.8 Å². The summed E-state index contributed by atoms with van der Waals surface area (Å²) in [4.78, 5) is 16.6. The normalized spacial score (nSPS) is 11.2. The van der Waals surface area contributed by atoms with Crippen LogP contribution in [0, 0.1) is 0 Å². The van der Waals surface area contributed by atoms with Crippen LogP contribution >= 0.6 is 31.9 Å². The molecule has 0 aliphatic carbocycles. The number of aromatic hydroxyl groups is 1. The fourth-order valence-corrected chi connectivity index (χ4v) is 3.47. The highest BCUT2D eigenvalue weighted by Crippen LogP contribution is 2.36. The Labute approximate surface area is 190 Å². The minimum atomic E-state index is -0.528. The van der Waals surface area contributed by atoms with E-state index in [1.165, 1.54) is 13.2 Å². The second-order valence-electron chi connectivity index (χ2n) is 6.12. The van der Waals surface area contributed by atoms with E-state index in [1.54, 1.807) is 48.7 Å². The molecule has 0 fully saturated rings. The summed E-state index contributed by atoms with van der Waals surface area (Å²) < 4.78 is 12.3. The number of rotatable bonds is 6. The molecule has 0 aliphatic rings. The van der Waals surface area contributed by atoms with Gasteiger partial charge < -0.3 is 14.6 Å². The fraction of sp³-hybridized carbons (Fsp3) is 0.0435. The molecule has 0 heterocycles. The Morgan fingerprint density at radius 3 is 2.50 bits per heavy atom. The van der Waals surface area contributed by atoms with E-state index in [0.717, 1.165) is 15.6 Å². The number of hydrogen-bond donors (Lipinski definition) is 1. The molecule has 0 aromatic heterocycles. The molecular formula is C23H17Br2NO4. The molecule has 0 bridgehead atoms. The predicted molar refractivity (Wildman–Crippen MR) is 125 cm³/mol. The number of carbonyl (C=O) groups excluding carboxylic acids is 1. The van der Waals surface area contributed by atoms with E-state index in [4.69, 9.17) is 9.47 Å². The molecule has 3 aromatic rings. The Morgan fingerprint density at radius 2 is 1.80 bits per heavy atom. The Morgan fingerprint density at radius 1 is 1.03 bits per heavy atom. The van der Waals surface area contributed by atoms with Gasteiger partial charge in [-0.15, -0.1) is 0 Å². The van der Waals surface area contributed by atoms with Gasteiger partial charge in [0.05, 0.1) is 17.3 Å². The summed E-state index contributed by atoms with van der Waals surface area (Å²) >= 11 is 6.82. The molecule has 0 amide bonds. The van der Waals surface area contributed by atoms with Crippen molar-refractivity contribution in [1.82, 2.24) is 0 Å². The van der Waals surface area contributed by atoms with Gasteiger partial charge in [0.2, 0.25) is 0 Å². The maximum absolute atomic E-state index is 12.3. The zero-order valence-corrected chi connectivity index (χ0v) is 19.1. The SMILES string of the molecule is COc1cc(/C=N/c2ccc(O)cc2)cc(Br)c1OC(=O)/C=C/c1cccc(Br)c1. The summed E-state index contributed by atoms with van der Waals surface area (Å²) in [5.41, 5.74) is 2.31. The quantitative estimate of drug-likeness (QED) is 0.176. The summed E-state index contributed by atoms with van der Waals surface area (Å²) in [5.74, 6) is 0.321. The largest absolute Gasteiger partial charge is 0.508 e. The van der Waals surface area contributed by atoms with Crippen LogP contribution in [0.5, 0.6) is 17.2 Å². The zero-order valence-electron chi connectivity index (χ0n) is 15.9. The summed E-state index contributed by atoms with van der Waals surface area (Å²) in [7, 11) is 1.50. The van der Waals surface area contributed by atoms with Crippen molar-refractivity contribution in [3.8, 4) is 17.2 Å². The molecule has 0 spiro atoms. The van der Waals surface area contributed by atoms with Crippen molar-refractivity contribution < 1.29 is 19.4 Å². The minimum absolute atomic E-state index is 0.179. The molecule has 0 saturated heterocycles. The molecule has 0 unspecified atom stereocenters. The topological polar surface area (TPSA) is 68.1 Å². The smallest absolute Gasteiger partial charge is 0.336 e. The number of esters is 1. The number of hydrogen-bond acceptors (Lipinski definition) is 5. The first-order chi connectivity index (χ1) is 14.4. The highest BCUT2D eigenvalue weighted by atomic mass is 79.9. The molecule has 5 nitrogen and oxygen atoms in total. The third kappa shape index (κ3) is 6.05. The van der Waals surface area contributed by atoms with Crippen LogP contribution < -0.4 is 9.47 Å². The van der Waals surface area contributed by atoms with Crippen LogP contribution in [0.4, 0.5) is 5.69 Å². The lowest BCUT2D eigenvalue weighted by Crippen LogP contribution is -2.06. The summed E-state index contributed by atoms with van der Waals surface area (Å²) in [6, 6.07) is 17.6. The van der Waals surface area contributed by atoms with Crippen molar-refractivity contribution in [1.29, 1.82) is 0 Å². The van der Waals surface area contributed by atoms with Crippen LogP contribution in [0.1, 0.15) is 11.1 Å². The highest BCUT2D eigenvalue weighted by molar-refractivity contribution is 9.10. The number of phenolic OH excluding ortho intramolecular Hbond substituents is 1. The van der Waals surface area contributed by atoms with Crippen LogP contribution in [0.15, 0.2) is 80.7 Å². The number of halogens is 2. The number of aliphatic imine (C=N–C) groups is 1. The van der Waals surface area contributed by atoms with E-state index in [-0.39, 0.29) is 11.5 Å². The number of nitrogens with zero attached hydrogens (tertiary/aromatic N) is 1. The maximum atomic E-state index is 12.3. The van der Waals surface area contributed by atoms with Gasteiger partial charge in [-0.05, 0) is 81.7 Å². The van der Waals surface area contributed by atoms with Gasteiger partial charge in [-0.2, -0.15) is 0 Å². The van der Waals surface area contributed by atoms with Crippen LogP contribution in [0.2, 0.25) is 0 Å². The lowest BCUT2D eigenvalue weighted by Gasteiger charge is -2.11. The lowest BCUT2D eigenvalue weighted by molar-refractivity contribution is -0.129. The first-order valence-corrected chi connectivity index (χ1v) is 10.4. The Balaban J connectivity index is 1.76. The maximum Gasteiger partial charge on any atom is 0.336 e. The minimum Gasteiger partial charge on any atom is -0.508 e. The number of ether oxygens (including phenoxy) is 2. The molecule has 3 rings (SSSR count). The standard InChI is InChI=1S/C23H17Br2NO4/c1-29-21-13-16(14-26-18-6-8-19(27)9-7-18)12-20(25)23(21)30-22(28)10-5-15-3-2-4-17(24)11-15/h2-14,27H,1H3/b10-5+,26-14+. The highest BCUT2D eigenvalue weighted by Gasteiger charge is 2.14. The van der Waals surface area contributed by atoms with Gasteiger partial charge in [-0.25, -0.2) is 4.79 Å². The lowest BCUT2D eigenvalue weighted by atomic mass is 10.2. The summed E-state index contributed by atoms with van der Waals surface area (Å²) in [6.45, 7) is 0. The molecular weight excluding hydrogens is 514 g/mol. The Kier molecular flexibility index (Phi) is 7.43. The van der Waals surface area contributed by atoms with E-state index < -0.39 is 5.97 Å². The average molecular weight is 531 g/mol. The van der Waals surface area contributed by atoms with Crippen LogP contribution in [0.3, 0.4) is 0 Å². The van der Waals surface area contributed by atoms with Gasteiger partial charge in [0.1, 0.15) is 5.75 Å². The van der Waals surface area contributed by atoms with E-state index in [9.17, 15) is 9.90 Å². The molecule has 30 heavy (non-hydrogen) atoms. The zero-order chi connectivity index (χ0) is 21.5. The third-order valence-electron chi connectivity index (χ3n) is 3.93. The molecule has 0 aliphatic heterocycles. The molecule has 7 heteroatoms. The monoisotopic (exact) mass is 529 g/mol. The van der Waals surface area contributed by atoms with E-state index >= 15 is 0 Å². The molecule has 152 valence electrons. The van der Waals surface area contributed by atoms with Crippen molar-refractivity contribution in [2.45, 2.75) is 0 Å². The third-order valence-corrected chi connectivity index (χ3v) is 5.01. The van der Waals surface area contributed by atoms with E-state index in [0.29, 0.717) is 15.9 Å². The van der Waals surface area contributed by atoms with Gasteiger partial charge >= 0.3 is 5.97 Å². The number of carbonyl (C=O) groups is 1. The predicted octanol–water partition coefficient (Wildman–Crippen LogP) is 6.30. The molecule has 0 atom stereocenters. The average Bonchev–Trinajstić information content (AvgIpc) is 2.73.